The number of hydroxylamine groups is 1. The molecule has 0 aliphatic rings. The minimum atomic E-state index is -0.483. The first kappa shape index (κ1) is 10.6. The van der Waals surface area contributed by atoms with E-state index < -0.39 is 11.0 Å². The average Bonchev–Trinajstić information content (AvgIpc) is 1.87. The van der Waals surface area contributed by atoms with Gasteiger partial charge in [-0.2, -0.15) is 0 Å². The Morgan fingerprint density at radius 2 is 1.73 bits per heavy atom. The molecule has 0 spiro atoms. The minimum Gasteiger partial charge on any atom is -0.303 e. The Kier molecular flexibility index (Phi) is 3.20. The molecule has 0 amide bonds. The summed E-state index contributed by atoms with van der Waals surface area (Å²) in [7, 11) is 1.68. The third-order valence-corrected chi connectivity index (χ3v) is 2.20. The summed E-state index contributed by atoms with van der Waals surface area (Å²) >= 11 is 0. The van der Waals surface area contributed by atoms with Crippen LogP contribution in [0.4, 0.5) is 0 Å². The molecular formula is C8H17NO2. The van der Waals surface area contributed by atoms with Crippen LogP contribution in [-0.4, -0.2) is 18.9 Å². The minimum absolute atomic E-state index is 0.476. The van der Waals surface area contributed by atoms with E-state index in [-0.39, 0.29) is 0 Å². The second kappa shape index (κ2) is 3.32. The van der Waals surface area contributed by atoms with E-state index in [0.717, 1.165) is 6.29 Å². The molecule has 0 aromatic rings. The summed E-state index contributed by atoms with van der Waals surface area (Å²) in [6.07, 6.45) is 0.907. The fraction of sp³-hybridized carbons (Fsp3) is 0.875. The van der Waals surface area contributed by atoms with Crippen LogP contribution in [0.1, 0.15) is 27.7 Å². The van der Waals surface area contributed by atoms with E-state index >= 15 is 0 Å². The lowest BCUT2D eigenvalue weighted by atomic mass is 9.79. The van der Waals surface area contributed by atoms with Crippen LogP contribution in [-0.2, 0) is 9.63 Å². The van der Waals surface area contributed by atoms with E-state index in [9.17, 15) is 4.79 Å². The Morgan fingerprint density at radius 1 is 1.27 bits per heavy atom. The van der Waals surface area contributed by atoms with Crippen LogP contribution >= 0.6 is 0 Å². The summed E-state index contributed by atoms with van der Waals surface area (Å²) in [4.78, 5) is 15.8. The van der Waals surface area contributed by atoms with Crippen molar-refractivity contribution >= 4 is 6.29 Å². The maximum absolute atomic E-state index is 10.6. The maximum atomic E-state index is 10.6. The van der Waals surface area contributed by atoms with Crippen LogP contribution in [0.15, 0.2) is 0 Å². The Bertz CT molecular complexity index is 141. The van der Waals surface area contributed by atoms with Crippen LogP contribution in [0.5, 0.6) is 0 Å². The molecule has 0 fully saturated rings. The van der Waals surface area contributed by atoms with Crippen LogP contribution in [0, 0.1) is 5.41 Å². The zero-order valence-electron chi connectivity index (χ0n) is 7.89. The highest BCUT2D eigenvalue weighted by atomic mass is 16.7. The van der Waals surface area contributed by atoms with Gasteiger partial charge in [-0.05, 0) is 13.8 Å². The van der Waals surface area contributed by atoms with E-state index in [0.29, 0.717) is 0 Å². The van der Waals surface area contributed by atoms with E-state index in [1.807, 2.05) is 27.7 Å². The smallest absolute Gasteiger partial charge is 0.128 e. The summed E-state index contributed by atoms with van der Waals surface area (Å²) in [5.41, 5.74) is 1.63. The summed E-state index contributed by atoms with van der Waals surface area (Å²) in [5.74, 6) is 0. The largest absolute Gasteiger partial charge is 0.303 e. The van der Waals surface area contributed by atoms with Gasteiger partial charge in [0.1, 0.15) is 6.29 Å². The number of hydrogen-bond donors (Lipinski definition) is 1. The Morgan fingerprint density at radius 3 is 2.00 bits per heavy atom. The predicted octanol–water partition coefficient (Wildman–Crippen LogP) is 1.14. The zero-order valence-corrected chi connectivity index (χ0v) is 7.89. The third-order valence-electron chi connectivity index (χ3n) is 2.20. The van der Waals surface area contributed by atoms with E-state index in [1.165, 1.54) is 0 Å². The highest BCUT2D eigenvalue weighted by Gasteiger charge is 2.38. The van der Waals surface area contributed by atoms with Gasteiger partial charge in [0.25, 0.3) is 0 Å². The molecule has 3 nitrogen and oxygen atoms in total. The summed E-state index contributed by atoms with van der Waals surface area (Å²) in [5, 5.41) is 0. The van der Waals surface area contributed by atoms with Gasteiger partial charge in [-0.25, -0.2) is 5.48 Å². The standard InChI is InChI=1S/C8H17NO2/c1-7(2,6-10)8(3,4)11-9-5/h6,9H,1-5H3. The van der Waals surface area contributed by atoms with Crippen LogP contribution in [0.3, 0.4) is 0 Å². The molecule has 0 atom stereocenters. The van der Waals surface area contributed by atoms with Gasteiger partial charge in [-0.1, -0.05) is 13.8 Å². The summed E-state index contributed by atoms with van der Waals surface area (Å²) < 4.78 is 0. The van der Waals surface area contributed by atoms with Gasteiger partial charge in [-0.15, -0.1) is 0 Å². The van der Waals surface area contributed by atoms with E-state index in [1.54, 1.807) is 7.05 Å². The lowest BCUT2D eigenvalue weighted by Gasteiger charge is -2.35. The average molecular weight is 159 g/mol. The summed E-state index contributed by atoms with van der Waals surface area (Å²) in [6, 6.07) is 0. The van der Waals surface area contributed by atoms with Crippen molar-refractivity contribution in [3.63, 3.8) is 0 Å². The molecule has 0 aliphatic heterocycles. The predicted molar refractivity (Wildman–Crippen MR) is 44.1 cm³/mol. The Balaban J connectivity index is 4.38. The lowest BCUT2D eigenvalue weighted by molar-refractivity contribution is -0.152. The lowest BCUT2D eigenvalue weighted by Crippen LogP contribution is -2.45. The third kappa shape index (κ3) is 2.27. The van der Waals surface area contributed by atoms with Crippen molar-refractivity contribution in [2.75, 3.05) is 7.05 Å². The molecule has 0 rings (SSSR count). The van der Waals surface area contributed by atoms with Crippen LogP contribution < -0.4 is 5.48 Å². The van der Waals surface area contributed by atoms with Gasteiger partial charge in [-0.3, -0.25) is 4.84 Å². The molecule has 0 bridgehead atoms. The molecule has 0 aromatic heterocycles. The normalized spacial score (nSPS) is 13.2. The number of aldehydes is 1. The van der Waals surface area contributed by atoms with Gasteiger partial charge < -0.3 is 4.79 Å². The molecule has 0 heterocycles. The number of carbonyl (C=O) groups is 1. The number of rotatable bonds is 4. The molecule has 11 heavy (non-hydrogen) atoms. The maximum Gasteiger partial charge on any atom is 0.128 e. The van der Waals surface area contributed by atoms with Crippen molar-refractivity contribution in [3.05, 3.63) is 0 Å². The van der Waals surface area contributed by atoms with Crippen molar-refractivity contribution in [2.45, 2.75) is 33.3 Å². The van der Waals surface area contributed by atoms with Crippen molar-refractivity contribution in [1.29, 1.82) is 0 Å². The van der Waals surface area contributed by atoms with Crippen molar-refractivity contribution < 1.29 is 9.63 Å². The molecule has 1 N–H and O–H groups in total. The first-order valence-corrected chi connectivity index (χ1v) is 3.68. The van der Waals surface area contributed by atoms with Gasteiger partial charge >= 0.3 is 0 Å². The SMILES string of the molecule is CNOC(C)(C)C(C)(C)C=O. The van der Waals surface area contributed by atoms with E-state index in [4.69, 9.17) is 4.84 Å². The number of nitrogens with one attached hydrogen (secondary N) is 1. The van der Waals surface area contributed by atoms with Gasteiger partial charge in [0.15, 0.2) is 0 Å². The zero-order chi connectivity index (χ0) is 9.12. The van der Waals surface area contributed by atoms with Crippen LogP contribution in [0.2, 0.25) is 0 Å². The molecule has 0 saturated heterocycles. The Hall–Kier alpha value is -0.410. The topological polar surface area (TPSA) is 38.3 Å². The second-order valence-corrected chi connectivity index (χ2v) is 3.66. The summed E-state index contributed by atoms with van der Waals surface area (Å²) in [6.45, 7) is 7.44. The van der Waals surface area contributed by atoms with Gasteiger partial charge in [0.05, 0.1) is 11.0 Å². The van der Waals surface area contributed by atoms with Crippen molar-refractivity contribution in [1.82, 2.24) is 5.48 Å². The first-order valence-electron chi connectivity index (χ1n) is 3.68. The van der Waals surface area contributed by atoms with Crippen molar-refractivity contribution in [2.24, 2.45) is 5.41 Å². The second-order valence-electron chi connectivity index (χ2n) is 3.66. The molecule has 0 aromatic carbocycles. The van der Waals surface area contributed by atoms with Gasteiger partial charge in [0.2, 0.25) is 0 Å². The molecular weight excluding hydrogens is 142 g/mol. The quantitative estimate of drug-likeness (QED) is 0.494. The molecule has 0 unspecified atom stereocenters. The fourth-order valence-corrected chi connectivity index (χ4v) is 0.529. The van der Waals surface area contributed by atoms with E-state index in [2.05, 4.69) is 5.48 Å². The number of hydrogen-bond acceptors (Lipinski definition) is 3. The highest BCUT2D eigenvalue weighted by Crippen LogP contribution is 2.30. The van der Waals surface area contributed by atoms with Crippen LogP contribution in [0.25, 0.3) is 0 Å². The highest BCUT2D eigenvalue weighted by molar-refractivity contribution is 5.60. The molecule has 0 saturated carbocycles. The monoisotopic (exact) mass is 159 g/mol. The molecule has 0 aliphatic carbocycles. The van der Waals surface area contributed by atoms with Crippen molar-refractivity contribution in [3.8, 4) is 0 Å². The van der Waals surface area contributed by atoms with Gasteiger partial charge in [0, 0.05) is 7.05 Å². The number of carbonyl (C=O) groups excluding carboxylic acids is 1. The molecule has 66 valence electrons. The molecule has 3 heteroatoms. The fourth-order valence-electron chi connectivity index (χ4n) is 0.529. The molecule has 0 radical (unpaired) electrons. The Labute approximate surface area is 68.1 Å². The first-order chi connectivity index (χ1) is 4.87.